The molecule has 1 rings (SSSR count). The van der Waals surface area contributed by atoms with Crippen molar-refractivity contribution in [2.45, 2.75) is 115 Å². The smallest absolute Gasteiger partial charge is 0.249 e. The molecule has 0 saturated carbocycles. The molecule has 0 aromatic carbocycles. The standard InChI is InChI=1S/C19H37NO3/c1-2-3-4-5-6-7-8-9-10-11-12-13-14-15-16(21)17-18(23-17)19(20)22/h16-18,21H,2-15H2,1H3,(H2,20,22)/t16-,17+,18+/m0/s1. The minimum Gasteiger partial charge on any atom is -0.390 e. The van der Waals surface area contributed by atoms with Crippen LogP contribution in [0.2, 0.25) is 0 Å². The Balaban J connectivity index is 1.76. The Morgan fingerprint density at radius 3 is 1.74 bits per heavy atom. The number of hydrogen-bond donors (Lipinski definition) is 2. The molecule has 1 aliphatic rings. The predicted molar refractivity (Wildman–Crippen MR) is 94.2 cm³/mol. The molecule has 4 heteroatoms. The van der Waals surface area contributed by atoms with Gasteiger partial charge < -0.3 is 15.6 Å². The number of hydrogen-bond acceptors (Lipinski definition) is 3. The third kappa shape index (κ3) is 9.98. The molecule has 3 atom stereocenters. The molecule has 0 aromatic heterocycles. The molecule has 0 spiro atoms. The largest absolute Gasteiger partial charge is 0.390 e. The maximum Gasteiger partial charge on any atom is 0.249 e. The van der Waals surface area contributed by atoms with Crippen molar-refractivity contribution >= 4 is 5.91 Å². The molecule has 23 heavy (non-hydrogen) atoms. The van der Waals surface area contributed by atoms with Gasteiger partial charge in [-0.2, -0.15) is 0 Å². The molecule has 0 aromatic rings. The van der Waals surface area contributed by atoms with Gasteiger partial charge in [0.1, 0.15) is 6.10 Å². The fraction of sp³-hybridized carbons (Fsp3) is 0.947. The van der Waals surface area contributed by atoms with Crippen LogP contribution in [-0.2, 0) is 9.53 Å². The van der Waals surface area contributed by atoms with Crippen LogP contribution >= 0.6 is 0 Å². The molecule has 1 saturated heterocycles. The third-order valence-corrected chi connectivity index (χ3v) is 4.79. The highest BCUT2D eigenvalue weighted by molar-refractivity contribution is 5.81. The average molecular weight is 328 g/mol. The number of nitrogens with two attached hydrogens (primary N) is 1. The second-order valence-electron chi connectivity index (χ2n) is 7.02. The van der Waals surface area contributed by atoms with Crippen molar-refractivity contribution in [3.8, 4) is 0 Å². The van der Waals surface area contributed by atoms with Crippen molar-refractivity contribution in [3.05, 3.63) is 0 Å². The maximum absolute atomic E-state index is 10.9. The van der Waals surface area contributed by atoms with Crippen molar-refractivity contribution in [2.75, 3.05) is 0 Å². The zero-order valence-electron chi connectivity index (χ0n) is 15.0. The first-order valence-electron chi connectivity index (χ1n) is 9.79. The van der Waals surface area contributed by atoms with Gasteiger partial charge in [0.25, 0.3) is 0 Å². The summed E-state index contributed by atoms with van der Waals surface area (Å²) in [5.41, 5.74) is 5.13. The Kier molecular flexibility index (Phi) is 11.3. The molecular formula is C19H37NO3. The van der Waals surface area contributed by atoms with Crippen LogP contribution in [-0.4, -0.2) is 29.3 Å². The van der Waals surface area contributed by atoms with Crippen molar-refractivity contribution in [2.24, 2.45) is 5.73 Å². The van der Waals surface area contributed by atoms with E-state index in [9.17, 15) is 9.90 Å². The number of amides is 1. The summed E-state index contributed by atoms with van der Waals surface area (Å²) in [6.07, 6.45) is 16.5. The van der Waals surface area contributed by atoms with Gasteiger partial charge in [0.15, 0.2) is 6.10 Å². The second kappa shape index (κ2) is 12.8. The molecule has 0 radical (unpaired) electrons. The molecule has 1 fully saturated rings. The van der Waals surface area contributed by atoms with Gasteiger partial charge in [-0.3, -0.25) is 4.79 Å². The zero-order chi connectivity index (χ0) is 16.9. The first-order valence-corrected chi connectivity index (χ1v) is 9.79. The Morgan fingerprint density at radius 1 is 0.913 bits per heavy atom. The summed E-state index contributed by atoms with van der Waals surface area (Å²) in [6, 6.07) is 0. The lowest BCUT2D eigenvalue weighted by molar-refractivity contribution is -0.119. The third-order valence-electron chi connectivity index (χ3n) is 4.79. The Labute approximate surface area is 142 Å². The van der Waals surface area contributed by atoms with Crippen LogP contribution < -0.4 is 5.73 Å². The molecule has 1 heterocycles. The minimum atomic E-state index is -0.549. The summed E-state index contributed by atoms with van der Waals surface area (Å²) in [7, 11) is 0. The monoisotopic (exact) mass is 327 g/mol. The molecular weight excluding hydrogens is 290 g/mol. The van der Waals surface area contributed by atoms with E-state index in [1.807, 2.05) is 0 Å². The highest BCUT2D eigenvalue weighted by Gasteiger charge is 2.48. The molecule has 4 nitrogen and oxygen atoms in total. The van der Waals surface area contributed by atoms with Crippen molar-refractivity contribution < 1.29 is 14.6 Å². The average Bonchev–Trinajstić information content (AvgIpc) is 3.32. The van der Waals surface area contributed by atoms with Crippen LogP contribution in [0.4, 0.5) is 0 Å². The number of carbonyl (C=O) groups is 1. The number of primary amides is 1. The fourth-order valence-electron chi connectivity index (χ4n) is 3.18. The van der Waals surface area contributed by atoms with Gasteiger partial charge in [0.2, 0.25) is 5.91 Å². The quantitative estimate of drug-likeness (QED) is 0.331. The first-order chi connectivity index (χ1) is 11.2. The molecule has 0 bridgehead atoms. The van der Waals surface area contributed by atoms with Crippen molar-refractivity contribution in [1.82, 2.24) is 0 Å². The molecule has 0 aliphatic carbocycles. The van der Waals surface area contributed by atoms with Crippen LogP contribution in [0.5, 0.6) is 0 Å². The first kappa shape index (κ1) is 20.4. The number of ether oxygens (including phenoxy) is 1. The lowest BCUT2D eigenvalue weighted by Gasteiger charge is -2.07. The van der Waals surface area contributed by atoms with Gasteiger partial charge in [-0.05, 0) is 6.42 Å². The van der Waals surface area contributed by atoms with E-state index in [2.05, 4.69) is 6.92 Å². The highest BCUT2D eigenvalue weighted by Crippen LogP contribution is 2.27. The number of aliphatic hydroxyl groups excluding tert-OH is 1. The lowest BCUT2D eigenvalue weighted by atomic mass is 10.0. The van der Waals surface area contributed by atoms with Gasteiger partial charge in [-0.25, -0.2) is 0 Å². The van der Waals surface area contributed by atoms with Crippen LogP contribution in [0.25, 0.3) is 0 Å². The summed E-state index contributed by atoms with van der Waals surface area (Å²) in [6.45, 7) is 2.26. The van der Waals surface area contributed by atoms with E-state index in [1.165, 1.54) is 70.6 Å². The Hall–Kier alpha value is -0.610. The van der Waals surface area contributed by atoms with Crippen LogP contribution in [0.3, 0.4) is 0 Å². The minimum absolute atomic E-state index is 0.343. The number of unbranched alkanes of at least 4 members (excludes halogenated alkanes) is 12. The van der Waals surface area contributed by atoms with Gasteiger partial charge in [-0.1, -0.05) is 90.4 Å². The maximum atomic E-state index is 10.9. The van der Waals surface area contributed by atoms with Crippen LogP contribution in [0.1, 0.15) is 96.8 Å². The van der Waals surface area contributed by atoms with Gasteiger partial charge in [0, 0.05) is 0 Å². The second-order valence-corrected chi connectivity index (χ2v) is 7.02. The van der Waals surface area contributed by atoms with Crippen LogP contribution in [0, 0.1) is 0 Å². The van der Waals surface area contributed by atoms with E-state index < -0.39 is 18.1 Å². The Bertz CT molecular complexity index is 309. The van der Waals surface area contributed by atoms with Crippen molar-refractivity contribution in [3.63, 3.8) is 0 Å². The lowest BCUT2D eigenvalue weighted by Crippen LogP contribution is -2.25. The summed E-state index contributed by atoms with van der Waals surface area (Å²) in [4.78, 5) is 10.9. The molecule has 1 amide bonds. The number of carbonyl (C=O) groups excluding carboxylic acids is 1. The van der Waals surface area contributed by atoms with E-state index in [4.69, 9.17) is 10.5 Å². The topological polar surface area (TPSA) is 75.8 Å². The SMILES string of the molecule is CCCCCCCCCCCCCCC[C@H](O)[C@H]1O[C@H]1C(N)=O. The summed E-state index contributed by atoms with van der Waals surface area (Å²) in [5.74, 6) is -0.459. The van der Waals surface area contributed by atoms with E-state index in [-0.39, 0.29) is 6.10 Å². The molecule has 0 unspecified atom stereocenters. The Morgan fingerprint density at radius 2 is 1.35 bits per heavy atom. The van der Waals surface area contributed by atoms with Gasteiger partial charge in [-0.15, -0.1) is 0 Å². The summed E-state index contributed by atoms with van der Waals surface area (Å²) in [5, 5.41) is 9.85. The van der Waals surface area contributed by atoms with Crippen LogP contribution in [0.15, 0.2) is 0 Å². The normalized spacial score (nSPS) is 21.3. The molecule has 3 N–H and O–H groups in total. The van der Waals surface area contributed by atoms with E-state index in [0.717, 1.165) is 12.8 Å². The van der Waals surface area contributed by atoms with E-state index >= 15 is 0 Å². The summed E-state index contributed by atoms with van der Waals surface area (Å²) < 4.78 is 5.08. The fourth-order valence-corrected chi connectivity index (χ4v) is 3.18. The highest BCUT2D eigenvalue weighted by atomic mass is 16.6. The molecule has 136 valence electrons. The van der Waals surface area contributed by atoms with Gasteiger partial charge in [0.05, 0.1) is 6.10 Å². The van der Waals surface area contributed by atoms with Gasteiger partial charge >= 0.3 is 0 Å². The number of epoxide rings is 1. The van der Waals surface area contributed by atoms with E-state index in [1.54, 1.807) is 0 Å². The zero-order valence-corrected chi connectivity index (χ0v) is 15.0. The van der Waals surface area contributed by atoms with Crippen molar-refractivity contribution in [1.29, 1.82) is 0 Å². The van der Waals surface area contributed by atoms with E-state index in [0.29, 0.717) is 6.42 Å². The number of aliphatic hydroxyl groups is 1. The number of rotatable bonds is 16. The molecule has 1 aliphatic heterocycles. The predicted octanol–water partition coefficient (Wildman–Crippen LogP) is 4.08. The summed E-state index contributed by atoms with van der Waals surface area (Å²) >= 11 is 0.